The van der Waals surface area contributed by atoms with E-state index in [0.717, 1.165) is 24.2 Å². The molecule has 1 aromatic carbocycles. The Morgan fingerprint density at radius 3 is 2.71 bits per heavy atom. The Balaban J connectivity index is 2.41. The van der Waals surface area contributed by atoms with Gasteiger partial charge in [0.1, 0.15) is 0 Å². The minimum atomic E-state index is -0.406. The Hall–Kier alpha value is -1.35. The van der Waals surface area contributed by atoms with E-state index in [0.29, 0.717) is 6.42 Å². The average Bonchev–Trinajstić information content (AvgIpc) is 2.49. The molecule has 1 N–H and O–H groups in total. The molecule has 3 nitrogen and oxygen atoms in total. The van der Waals surface area contributed by atoms with Crippen molar-refractivity contribution in [2.75, 3.05) is 11.4 Å². The van der Waals surface area contributed by atoms with Crippen LogP contribution in [0.2, 0.25) is 0 Å². The van der Waals surface area contributed by atoms with E-state index in [1.807, 2.05) is 31.2 Å². The molecule has 0 amide bonds. The van der Waals surface area contributed by atoms with Crippen LogP contribution >= 0.6 is 0 Å². The number of Topliss-reactive ketones (excluding diaryl/α,β-unsaturated/α-hetero) is 1. The molecule has 0 fully saturated rings. The van der Waals surface area contributed by atoms with Gasteiger partial charge in [0, 0.05) is 24.2 Å². The summed E-state index contributed by atoms with van der Waals surface area (Å²) in [7, 11) is 0. The SMILES string of the molecule is CC(O)C(C)N1CCCC(=O)c2ccccc21. The predicted octanol–water partition coefficient (Wildman–Crippen LogP) is 2.24. The zero-order valence-corrected chi connectivity index (χ0v) is 10.4. The highest BCUT2D eigenvalue weighted by molar-refractivity contribution is 6.02. The predicted molar refractivity (Wildman–Crippen MR) is 68.5 cm³/mol. The molecule has 92 valence electrons. The molecular weight excluding hydrogens is 214 g/mol. The lowest BCUT2D eigenvalue weighted by molar-refractivity contribution is 0.0984. The van der Waals surface area contributed by atoms with Crippen molar-refractivity contribution in [2.24, 2.45) is 0 Å². The van der Waals surface area contributed by atoms with Gasteiger partial charge in [0.25, 0.3) is 0 Å². The number of hydrogen-bond acceptors (Lipinski definition) is 3. The highest BCUT2D eigenvalue weighted by Gasteiger charge is 2.25. The maximum atomic E-state index is 12.0. The van der Waals surface area contributed by atoms with Gasteiger partial charge in [-0.1, -0.05) is 12.1 Å². The normalized spacial score (nSPS) is 19.5. The second-order valence-corrected chi connectivity index (χ2v) is 4.72. The molecule has 1 heterocycles. The molecule has 0 bridgehead atoms. The van der Waals surface area contributed by atoms with E-state index < -0.39 is 6.10 Å². The fourth-order valence-electron chi connectivity index (χ4n) is 2.31. The van der Waals surface area contributed by atoms with Crippen LogP contribution in [0.4, 0.5) is 5.69 Å². The molecule has 2 rings (SSSR count). The van der Waals surface area contributed by atoms with E-state index in [-0.39, 0.29) is 11.8 Å². The lowest BCUT2D eigenvalue weighted by atomic mass is 10.1. The van der Waals surface area contributed by atoms with Gasteiger partial charge in [0.2, 0.25) is 0 Å². The highest BCUT2D eigenvalue weighted by Crippen LogP contribution is 2.28. The molecule has 0 saturated carbocycles. The zero-order chi connectivity index (χ0) is 12.4. The Kier molecular flexibility index (Phi) is 3.48. The van der Waals surface area contributed by atoms with Crippen molar-refractivity contribution in [1.82, 2.24) is 0 Å². The van der Waals surface area contributed by atoms with E-state index in [1.54, 1.807) is 6.92 Å². The summed E-state index contributed by atoms with van der Waals surface area (Å²) in [6.07, 6.45) is 1.04. The van der Waals surface area contributed by atoms with Crippen LogP contribution in [0, 0.1) is 0 Å². The second-order valence-electron chi connectivity index (χ2n) is 4.72. The van der Waals surface area contributed by atoms with Crippen molar-refractivity contribution in [3.63, 3.8) is 0 Å². The monoisotopic (exact) mass is 233 g/mol. The van der Waals surface area contributed by atoms with E-state index in [9.17, 15) is 9.90 Å². The summed E-state index contributed by atoms with van der Waals surface area (Å²) in [6.45, 7) is 4.62. The van der Waals surface area contributed by atoms with Crippen molar-refractivity contribution in [3.05, 3.63) is 29.8 Å². The molecule has 0 radical (unpaired) electrons. The van der Waals surface area contributed by atoms with Crippen molar-refractivity contribution in [1.29, 1.82) is 0 Å². The fourth-order valence-corrected chi connectivity index (χ4v) is 2.31. The lowest BCUT2D eigenvalue weighted by Crippen LogP contribution is -2.41. The molecule has 1 aliphatic heterocycles. The first kappa shape index (κ1) is 12.1. The molecule has 2 atom stereocenters. The van der Waals surface area contributed by atoms with Crippen LogP contribution in [-0.4, -0.2) is 29.6 Å². The Labute approximate surface area is 102 Å². The number of para-hydroxylation sites is 1. The van der Waals surface area contributed by atoms with Gasteiger partial charge in [-0.2, -0.15) is 0 Å². The van der Waals surface area contributed by atoms with E-state index in [1.165, 1.54) is 0 Å². The largest absolute Gasteiger partial charge is 0.391 e. The van der Waals surface area contributed by atoms with Gasteiger partial charge < -0.3 is 10.0 Å². The lowest BCUT2D eigenvalue weighted by Gasteiger charge is -2.33. The molecule has 0 aliphatic carbocycles. The smallest absolute Gasteiger partial charge is 0.165 e. The number of aliphatic hydroxyl groups is 1. The Bertz CT molecular complexity index is 414. The summed E-state index contributed by atoms with van der Waals surface area (Å²) >= 11 is 0. The Morgan fingerprint density at radius 1 is 1.29 bits per heavy atom. The summed E-state index contributed by atoms with van der Waals surface area (Å²) in [5, 5.41) is 9.73. The number of benzene rings is 1. The number of ketones is 1. The molecular formula is C14H19NO2. The van der Waals surface area contributed by atoms with Crippen molar-refractivity contribution in [3.8, 4) is 0 Å². The molecule has 0 spiro atoms. The van der Waals surface area contributed by atoms with Gasteiger partial charge in [-0.15, -0.1) is 0 Å². The molecule has 17 heavy (non-hydrogen) atoms. The molecule has 2 unspecified atom stereocenters. The highest BCUT2D eigenvalue weighted by atomic mass is 16.3. The molecule has 1 aliphatic rings. The number of carbonyl (C=O) groups is 1. The zero-order valence-electron chi connectivity index (χ0n) is 10.4. The minimum Gasteiger partial charge on any atom is -0.391 e. The number of aliphatic hydroxyl groups excluding tert-OH is 1. The van der Waals surface area contributed by atoms with E-state index in [2.05, 4.69) is 4.90 Å². The van der Waals surface area contributed by atoms with Gasteiger partial charge in [-0.3, -0.25) is 4.79 Å². The fraction of sp³-hybridized carbons (Fsp3) is 0.500. The maximum absolute atomic E-state index is 12.0. The van der Waals surface area contributed by atoms with Crippen LogP contribution in [-0.2, 0) is 0 Å². The summed E-state index contributed by atoms with van der Waals surface area (Å²) in [5.41, 5.74) is 1.75. The number of anilines is 1. The van der Waals surface area contributed by atoms with Gasteiger partial charge in [0.15, 0.2) is 5.78 Å². The maximum Gasteiger partial charge on any atom is 0.165 e. The summed E-state index contributed by atoms with van der Waals surface area (Å²) < 4.78 is 0. The third-order valence-electron chi connectivity index (χ3n) is 3.51. The third kappa shape index (κ3) is 2.34. The van der Waals surface area contributed by atoms with Crippen molar-refractivity contribution >= 4 is 11.5 Å². The molecule has 1 aromatic rings. The quantitative estimate of drug-likeness (QED) is 0.851. The second kappa shape index (κ2) is 4.88. The molecule has 0 saturated heterocycles. The van der Waals surface area contributed by atoms with Crippen LogP contribution in [0.25, 0.3) is 0 Å². The number of fused-ring (bicyclic) bond motifs is 1. The standard InChI is InChI=1S/C14H19NO2/c1-10(11(2)16)15-9-5-8-14(17)12-6-3-4-7-13(12)15/h3-4,6-7,10-11,16H,5,8-9H2,1-2H3. The first-order chi connectivity index (χ1) is 8.11. The van der Waals surface area contributed by atoms with Crippen LogP contribution in [0.3, 0.4) is 0 Å². The van der Waals surface area contributed by atoms with Crippen LogP contribution < -0.4 is 4.90 Å². The first-order valence-electron chi connectivity index (χ1n) is 6.18. The topological polar surface area (TPSA) is 40.5 Å². The van der Waals surface area contributed by atoms with E-state index >= 15 is 0 Å². The number of carbonyl (C=O) groups excluding carboxylic acids is 1. The summed E-state index contributed by atoms with van der Waals surface area (Å²) in [5.74, 6) is 0.209. The van der Waals surface area contributed by atoms with Crippen molar-refractivity contribution < 1.29 is 9.90 Å². The van der Waals surface area contributed by atoms with Crippen LogP contribution in [0.5, 0.6) is 0 Å². The third-order valence-corrected chi connectivity index (χ3v) is 3.51. The van der Waals surface area contributed by atoms with Gasteiger partial charge in [-0.25, -0.2) is 0 Å². The van der Waals surface area contributed by atoms with Crippen LogP contribution in [0.15, 0.2) is 24.3 Å². The Morgan fingerprint density at radius 2 is 2.00 bits per heavy atom. The summed E-state index contributed by atoms with van der Waals surface area (Å²) in [4.78, 5) is 14.1. The number of nitrogens with zero attached hydrogens (tertiary/aromatic N) is 1. The summed E-state index contributed by atoms with van der Waals surface area (Å²) in [6, 6.07) is 7.72. The van der Waals surface area contributed by atoms with Gasteiger partial charge in [0.05, 0.1) is 12.1 Å². The molecule has 0 aromatic heterocycles. The van der Waals surface area contributed by atoms with Crippen molar-refractivity contribution in [2.45, 2.75) is 38.8 Å². The number of hydrogen-bond donors (Lipinski definition) is 1. The van der Waals surface area contributed by atoms with Crippen LogP contribution in [0.1, 0.15) is 37.0 Å². The van der Waals surface area contributed by atoms with Gasteiger partial charge >= 0.3 is 0 Å². The van der Waals surface area contributed by atoms with E-state index in [4.69, 9.17) is 0 Å². The first-order valence-corrected chi connectivity index (χ1v) is 6.18. The van der Waals surface area contributed by atoms with Gasteiger partial charge in [-0.05, 0) is 32.4 Å². The average molecular weight is 233 g/mol. The number of rotatable bonds is 2. The molecule has 3 heteroatoms. The minimum absolute atomic E-state index is 0.0297.